The maximum absolute atomic E-state index is 11.6. The lowest BCUT2D eigenvalue weighted by Gasteiger charge is -2.22. The standard InChI is InChI=1S/C10H16O6/c1-5-16-9(13)7(11)6-8(12)10(2,14-3)15-4/h6,11H,5H2,1-4H3/b7-6-. The largest absolute Gasteiger partial charge is 0.502 e. The minimum Gasteiger partial charge on any atom is -0.502 e. The zero-order valence-corrected chi connectivity index (χ0v) is 9.77. The van der Waals surface area contributed by atoms with Crippen LogP contribution in [-0.2, 0) is 23.8 Å². The first-order valence-electron chi connectivity index (χ1n) is 4.63. The molecule has 0 fully saturated rings. The maximum atomic E-state index is 11.6. The zero-order chi connectivity index (χ0) is 12.8. The van der Waals surface area contributed by atoms with E-state index in [2.05, 4.69) is 4.74 Å². The summed E-state index contributed by atoms with van der Waals surface area (Å²) in [6.07, 6.45) is 0.713. The normalized spacial score (nSPS) is 12.4. The number of ketones is 1. The summed E-state index contributed by atoms with van der Waals surface area (Å²) in [6.45, 7) is 3.06. The Kier molecular flexibility index (Phi) is 5.69. The minimum atomic E-state index is -1.53. The molecule has 0 aliphatic rings. The van der Waals surface area contributed by atoms with Crippen molar-refractivity contribution >= 4 is 11.8 Å². The summed E-state index contributed by atoms with van der Waals surface area (Å²) in [5, 5.41) is 9.23. The van der Waals surface area contributed by atoms with Crippen LogP contribution in [0, 0.1) is 0 Å². The molecule has 0 saturated carbocycles. The Morgan fingerprint density at radius 1 is 1.31 bits per heavy atom. The van der Waals surface area contributed by atoms with Crippen molar-refractivity contribution in [2.45, 2.75) is 19.6 Å². The summed E-state index contributed by atoms with van der Waals surface area (Å²) in [7, 11) is 2.55. The molecule has 0 unspecified atom stereocenters. The number of hydrogen-bond donors (Lipinski definition) is 1. The van der Waals surface area contributed by atoms with E-state index < -0.39 is 23.3 Å². The molecular weight excluding hydrogens is 216 g/mol. The molecule has 0 radical (unpaired) electrons. The highest BCUT2D eigenvalue weighted by Gasteiger charge is 2.32. The average molecular weight is 232 g/mol. The van der Waals surface area contributed by atoms with Gasteiger partial charge in [0.25, 0.3) is 0 Å². The van der Waals surface area contributed by atoms with E-state index in [9.17, 15) is 14.7 Å². The zero-order valence-electron chi connectivity index (χ0n) is 9.77. The first-order chi connectivity index (χ1) is 7.41. The van der Waals surface area contributed by atoms with Gasteiger partial charge in [0, 0.05) is 20.3 Å². The molecule has 0 saturated heterocycles. The highest BCUT2D eigenvalue weighted by Crippen LogP contribution is 2.13. The van der Waals surface area contributed by atoms with Crippen LogP contribution in [0.5, 0.6) is 0 Å². The molecule has 0 aliphatic heterocycles. The molecule has 0 atom stereocenters. The van der Waals surface area contributed by atoms with E-state index in [-0.39, 0.29) is 6.61 Å². The molecule has 16 heavy (non-hydrogen) atoms. The first kappa shape index (κ1) is 14.6. The van der Waals surface area contributed by atoms with E-state index in [0.29, 0.717) is 6.08 Å². The van der Waals surface area contributed by atoms with Crippen molar-refractivity contribution in [3.05, 3.63) is 11.8 Å². The van der Waals surface area contributed by atoms with Crippen LogP contribution in [0.3, 0.4) is 0 Å². The number of esters is 1. The van der Waals surface area contributed by atoms with Gasteiger partial charge in [-0.2, -0.15) is 0 Å². The van der Waals surface area contributed by atoms with Crippen molar-refractivity contribution in [3.8, 4) is 0 Å². The Labute approximate surface area is 93.8 Å². The smallest absolute Gasteiger partial charge is 0.373 e. The molecule has 0 heterocycles. The van der Waals surface area contributed by atoms with E-state index in [1.165, 1.54) is 21.1 Å². The average Bonchev–Trinajstić information content (AvgIpc) is 2.28. The highest BCUT2D eigenvalue weighted by atomic mass is 16.7. The highest BCUT2D eigenvalue weighted by molar-refractivity contribution is 6.01. The van der Waals surface area contributed by atoms with E-state index in [1.54, 1.807) is 6.92 Å². The predicted molar refractivity (Wildman–Crippen MR) is 54.8 cm³/mol. The molecule has 0 aromatic heterocycles. The lowest BCUT2D eigenvalue weighted by molar-refractivity contribution is -0.194. The Bertz CT molecular complexity index is 290. The van der Waals surface area contributed by atoms with Crippen molar-refractivity contribution < 1.29 is 28.9 Å². The maximum Gasteiger partial charge on any atom is 0.373 e. The molecule has 92 valence electrons. The van der Waals surface area contributed by atoms with Crippen molar-refractivity contribution in [3.63, 3.8) is 0 Å². The summed E-state index contributed by atoms with van der Waals surface area (Å²) >= 11 is 0. The molecule has 0 amide bonds. The van der Waals surface area contributed by atoms with Gasteiger partial charge in [-0.1, -0.05) is 0 Å². The van der Waals surface area contributed by atoms with Crippen LogP contribution in [0.2, 0.25) is 0 Å². The fraction of sp³-hybridized carbons (Fsp3) is 0.600. The monoisotopic (exact) mass is 232 g/mol. The SMILES string of the molecule is CCOC(=O)/C(O)=C/C(=O)C(C)(OC)OC. The van der Waals surface area contributed by atoms with E-state index >= 15 is 0 Å². The van der Waals surface area contributed by atoms with Gasteiger partial charge in [0.1, 0.15) is 0 Å². The lowest BCUT2D eigenvalue weighted by atomic mass is 10.2. The van der Waals surface area contributed by atoms with E-state index in [0.717, 1.165) is 0 Å². The van der Waals surface area contributed by atoms with Crippen LogP contribution in [0.1, 0.15) is 13.8 Å². The first-order valence-corrected chi connectivity index (χ1v) is 4.63. The number of aliphatic hydroxyl groups excluding tert-OH is 1. The molecule has 1 N–H and O–H groups in total. The van der Waals surface area contributed by atoms with Crippen LogP contribution >= 0.6 is 0 Å². The fourth-order valence-corrected chi connectivity index (χ4v) is 0.804. The van der Waals surface area contributed by atoms with Crippen molar-refractivity contribution in [1.29, 1.82) is 0 Å². The third-order valence-corrected chi connectivity index (χ3v) is 1.98. The summed E-state index contributed by atoms with van der Waals surface area (Å²) in [4.78, 5) is 22.6. The van der Waals surface area contributed by atoms with Crippen LogP contribution in [0.25, 0.3) is 0 Å². The number of hydrogen-bond acceptors (Lipinski definition) is 6. The number of carbonyl (C=O) groups excluding carboxylic acids is 2. The third kappa shape index (κ3) is 3.63. The lowest BCUT2D eigenvalue weighted by Crippen LogP contribution is -2.38. The van der Waals surface area contributed by atoms with Gasteiger partial charge in [0.2, 0.25) is 17.3 Å². The second kappa shape index (κ2) is 6.24. The van der Waals surface area contributed by atoms with Crippen LogP contribution in [0.15, 0.2) is 11.8 Å². The van der Waals surface area contributed by atoms with Gasteiger partial charge in [-0.3, -0.25) is 4.79 Å². The summed E-state index contributed by atoms with van der Waals surface area (Å²) in [5.74, 6) is -3.97. The Morgan fingerprint density at radius 2 is 1.81 bits per heavy atom. The van der Waals surface area contributed by atoms with Gasteiger partial charge in [-0.05, 0) is 13.8 Å². The van der Waals surface area contributed by atoms with Crippen LogP contribution in [0.4, 0.5) is 0 Å². The molecule has 0 rings (SSSR count). The van der Waals surface area contributed by atoms with E-state index in [4.69, 9.17) is 9.47 Å². The van der Waals surface area contributed by atoms with Crippen molar-refractivity contribution in [2.24, 2.45) is 0 Å². The third-order valence-electron chi connectivity index (χ3n) is 1.98. The number of aliphatic hydroxyl groups is 1. The topological polar surface area (TPSA) is 82.1 Å². The van der Waals surface area contributed by atoms with Gasteiger partial charge in [0.15, 0.2) is 0 Å². The molecule has 6 heteroatoms. The Hall–Kier alpha value is -1.40. The molecule has 0 spiro atoms. The van der Waals surface area contributed by atoms with Crippen molar-refractivity contribution in [2.75, 3.05) is 20.8 Å². The number of carbonyl (C=O) groups is 2. The van der Waals surface area contributed by atoms with Gasteiger partial charge in [0.05, 0.1) is 6.61 Å². The molecule has 0 aromatic carbocycles. The van der Waals surface area contributed by atoms with E-state index in [1.807, 2.05) is 0 Å². The summed E-state index contributed by atoms with van der Waals surface area (Å²) in [5.41, 5.74) is 0. The number of ether oxygens (including phenoxy) is 3. The van der Waals surface area contributed by atoms with Gasteiger partial charge < -0.3 is 19.3 Å². The van der Waals surface area contributed by atoms with Crippen LogP contribution < -0.4 is 0 Å². The molecule has 0 bridgehead atoms. The van der Waals surface area contributed by atoms with Crippen LogP contribution in [-0.4, -0.2) is 43.5 Å². The number of methoxy groups -OCH3 is 2. The predicted octanol–water partition coefficient (Wildman–Crippen LogP) is 0.569. The fourth-order valence-electron chi connectivity index (χ4n) is 0.804. The van der Waals surface area contributed by atoms with Gasteiger partial charge >= 0.3 is 5.97 Å². The number of rotatable bonds is 6. The minimum absolute atomic E-state index is 0.108. The Morgan fingerprint density at radius 3 is 2.19 bits per heavy atom. The molecule has 0 aliphatic carbocycles. The van der Waals surface area contributed by atoms with Gasteiger partial charge in [-0.15, -0.1) is 0 Å². The quantitative estimate of drug-likeness (QED) is 0.312. The molecule has 0 aromatic rings. The second-order valence-electron chi connectivity index (χ2n) is 2.97. The Balaban J connectivity index is 4.76. The summed E-state index contributed by atoms with van der Waals surface area (Å²) in [6, 6.07) is 0. The van der Waals surface area contributed by atoms with Gasteiger partial charge in [-0.25, -0.2) is 4.79 Å². The molecule has 6 nitrogen and oxygen atoms in total. The summed E-state index contributed by atoms with van der Waals surface area (Å²) < 4.78 is 14.1. The molecular formula is C10H16O6. The second-order valence-corrected chi connectivity index (χ2v) is 2.97. The van der Waals surface area contributed by atoms with Crippen molar-refractivity contribution in [1.82, 2.24) is 0 Å².